The summed E-state index contributed by atoms with van der Waals surface area (Å²) in [4.78, 5) is 0. The maximum absolute atomic E-state index is 2.45. The summed E-state index contributed by atoms with van der Waals surface area (Å²) in [6.45, 7) is 0. The molecule has 0 saturated heterocycles. The fraction of sp³-hybridized carbons (Fsp3) is 0. The van der Waals surface area contributed by atoms with E-state index in [1.165, 1.54) is 108 Å². The molecule has 0 aliphatic rings. The highest BCUT2D eigenvalue weighted by Crippen LogP contribution is 2.45. The molecular formula is C48H28. The van der Waals surface area contributed by atoms with Crippen LogP contribution in [-0.2, 0) is 0 Å². The molecule has 0 radical (unpaired) electrons. The Hall–Kier alpha value is -6.24. The summed E-state index contributed by atoms with van der Waals surface area (Å²) in [5, 5.41) is 20.7. The van der Waals surface area contributed by atoms with Crippen molar-refractivity contribution in [3.63, 3.8) is 0 Å². The molecule has 0 aliphatic carbocycles. The van der Waals surface area contributed by atoms with Crippen LogP contribution in [0.2, 0.25) is 0 Å². The number of hydrogen-bond acceptors (Lipinski definition) is 0. The summed E-state index contributed by atoms with van der Waals surface area (Å²) < 4.78 is 0. The molecule has 0 heterocycles. The first-order valence-electron chi connectivity index (χ1n) is 16.7. The normalized spacial score (nSPS) is 12.2. The van der Waals surface area contributed by atoms with Crippen LogP contribution in [-0.4, -0.2) is 0 Å². The lowest BCUT2D eigenvalue weighted by Gasteiger charge is -2.18. The van der Waals surface area contributed by atoms with Gasteiger partial charge in [-0.25, -0.2) is 0 Å². The largest absolute Gasteiger partial charge is 0.0616 e. The lowest BCUT2D eigenvalue weighted by Crippen LogP contribution is -1.90. The standard InChI is InChI=1S/C48H28/c1-3-9-33-23-35(19-15-29(33)7-1)39-25-37-21-17-31-12-6-14-42-44-28-40(36-20-16-30-8-2-4-10-34(30)24-36)26-38-22-18-32-11-5-13-41(45(32)48(38)44)43(27-39)47(37)46(31)42/h1-28H. The Bertz CT molecular complexity index is 2890. The molecule has 0 heteroatoms. The molecule has 11 aromatic rings. The minimum atomic E-state index is 1.24. The van der Waals surface area contributed by atoms with Gasteiger partial charge in [-0.15, -0.1) is 0 Å². The first kappa shape index (κ1) is 25.9. The van der Waals surface area contributed by atoms with E-state index in [1.54, 1.807) is 0 Å². The summed E-state index contributed by atoms with van der Waals surface area (Å²) >= 11 is 0. The zero-order valence-corrected chi connectivity index (χ0v) is 26.2. The molecule has 0 atom stereocenters. The van der Waals surface area contributed by atoms with E-state index >= 15 is 0 Å². The molecule has 220 valence electrons. The van der Waals surface area contributed by atoms with E-state index in [4.69, 9.17) is 0 Å². The van der Waals surface area contributed by atoms with Crippen LogP contribution >= 0.6 is 0 Å². The van der Waals surface area contributed by atoms with E-state index < -0.39 is 0 Å². The summed E-state index contributed by atoms with van der Waals surface area (Å²) in [7, 11) is 0. The van der Waals surface area contributed by atoms with Gasteiger partial charge in [0.25, 0.3) is 0 Å². The summed E-state index contributed by atoms with van der Waals surface area (Å²) in [5.74, 6) is 0. The SMILES string of the molecule is c1ccc2cc(-c3cc4ccc5cccc6c7cc(-c8ccc9ccccc9c8)cc8ccc9cccc(c(c3)c4c56)c9c87)ccc2c1. The smallest absolute Gasteiger partial charge is 0.00199 e. The van der Waals surface area contributed by atoms with E-state index in [0.29, 0.717) is 0 Å². The van der Waals surface area contributed by atoms with Gasteiger partial charge in [0.05, 0.1) is 0 Å². The highest BCUT2D eigenvalue weighted by atomic mass is 14.2. The second-order valence-corrected chi connectivity index (χ2v) is 13.3. The van der Waals surface area contributed by atoms with Crippen LogP contribution in [0.5, 0.6) is 0 Å². The van der Waals surface area contributed by atoms with Crippen molar-refractivity contribution in [2.24, 2.45) is 0 Å². The molecule has 0 saturated carbocycles. The number of rotatable bonds is 2. The molecule has 0 aromatic heterocycles. The molecule has 0 spiro atoms. The van der Waals surface area contributed by atoms with Gasteiger partial charge in [0.15, 0.2) is 0 Å². The molecule has 0 fully saturated rings. The van der Waals surface area contributed by atoms with Crippen LogP contribution in [0, 0.1) is 0 Å². The van der Waals surface area contributed by atoms with Crippen molar-refractivity contribution in [2.45, 2.75) is 0 Å². The Morgan fingerprint density at radius 2 is 0.542 bits per heavy atom. The van der Waals surface area contributed by atoms with Gasteiger partial charge < -0.3 is 0 Å². The van der Waals surface area contributed by atoms with Gasteiger partial charge in [-0.1, -0.05) is 133 Å². The highest BCUT2D eigenvalue weighted by molar-refractivity contribution is 6.37. The van der Waals surface area contributed by atoms with Crippen molar-refractivity contribution in [3.05, 3.63) is 170 Å². The van der Waals surface area contributed by atoms with Crippen molar-refractivity contribution in [3.8, 4) is 22.3 Å². The van der Waals surface area contributed by atoms with Crippen molar-refractivity contribution >= 4 is 86.2 Å². The lowest BCUT2D eigenvalue weighted by atomic mass is 9.85. The first-order chi connectivity index (χ1) is 23.8. The lowest BCUT2D eigenvalue weighted by molar-refractivity contribution is 1.69. The van der Waals surface area contributed by atoms with Crippen molar-refractivity contribution in [2.75, 3.05) is 0 Å². The molecule has 0 N–H and O–H groups in total. The summed E-state index contributed by atoms with van der Waals surface area (Å²) in [6, 6.07) is 63.7. The van der Waals surface area contributed by atoms with Gasteiger partial charge in [-0.2, -0.15) is 0 Å². The van der Waals surface area contributed by atoms with Crippen molar-refractivity contribution in [1.82, 2.24) is 0 Å². The fourth-order valence-electron chi connectivity index (χ4n) is 8.43. The fourth-order valence-corrected chi connectivity index (χ4v) is 8.43. The Morgan fingerprint density at radius 1 is 0.188 bits per heavy atom. The molecule has 11 rings (SSSR count). The summed E-state index contributed by atoms with van der Waals surface area (Å²) in [5.41, 5.74) is 4.98. The van der Waals surface area contributed by atoms with Crippen molar-refractivity contribution < 1.29 is 0 Å². The van der Waals surface area contributed by atoms with Crippen molar-refractivity contribution in [1.29, 1.82) is 0 Å². The zero-order valence-electron chi connectivity index (χ0n) is 26.2. The predicted octanol–water partition coefficient (Wildman–Crippen LogP) is 13.7. The van der Waals surface area contributed by atoms with E-state index in [9.17, 15) is 0 Å². The van der Waals surface area contributed by atoms with E-state index in [0.717, 1.165) is 0 Å². The van der Waals surface area contributed by atoms with Gasteiger partial charge in [-0.05, 0) is 145 Å². The third-order valence-electron chi connectivity index (χ3n) is 10.7. The number of fused-ring (bicyclic) bond motifs is 4. The third-order valence-corrected chi connectivity index (χ3v) is 10.7. The maximum Gasteiger partial charge on any atom is -0.00199 e. The molecular weight excluding hydrogens is 577 g/mol. The van der Waals surface area contributed by atoms with Crippen LogP contribution < -0.4 is 0 Å². The molecule has 11 aromatic carbocycles. The van der Waals surface area contributed by atoms with Gasteiger partial charge >= 0.3 is 0 Å². The monoisotopic (exact) mass is 604 g/mol. The summed E-state index contributed by atoms with van der Waals surface area (Å²) in [6.07, 6.45) is 0. The third kappa shape index (κ3) is 3.66. The quantitative estimate of drug-likeness (QED) is 0.172. The van der Waals surface area contributed by atoms with Crippen LogP contribution in [0.3, 0.4) is 0 Å². The molecule has 48 heavy (non-hydrogen) atoms. The zero-order chi connectivity index (χ0) is 31.3. The van der Waals surface area contributed by atoms with Crippen LogP contribution in [0.4, 0.5) is 0 Å². The Morgan fingerprint density at radius 3 is 1.02 bits per heavy atom. The second kappa shape index (κ2) is 9.64. The van der Waals surface area contributed by atoms with E-state index in [-0.39, 0.29) is 0 Å². The first-order valence-corrected chi connectivity index (χ1v) is 16.7. The van der Waals surface area contributed by atoms with Crippen LogP contribution in [0.25, 0.3) is 108 Å². The Balaban J connectivity index is 1.33. The molecule has 0 unspecified atom stereocenters. The number of benzene rings is 10. The Kier molecular flexibility index (Phi) is 5.20. The van der Waals surface area contributed by atoms with E-state index in [2.05, 4.69) is 170 Å². The van der Waals surface area contributed by atoms with Gasteiger partial charge in [0, 0.05) is 0 Å². The minimum Gasteiger partial charge on any atom is -0.0616 e. The predicted molar refractivity (Wildman–Crippen MR) is 209 cm³/mol. The highest BCUT2D eigenvalue weighted by Gasteiger charge is 2.17. The van der Waals surface area contributed by atoms with Crippen LogP contribution in [0.1, 0.15) is 0 Å². The minimum absolute atomic E-state index is 1.24. The van der Waals surface area contributed by atoms with Gasteiger partial charge in [-0.3, -0.25) is 0 Å². The number of hydrogen-bond donors (Lipinski definition) is 0. The molecule has 0 bridgehead atoms. The Labute approximate surface area is 277 Å². The second-order valence-electron chi connectivity index (χ2n) is 13.3. The molecule has 0 amide bonds. The van der Waals surface area contributed by atoms with Crippen LogP contribution in [0.15, 0.2) is 170 Å². The van der Waals surface area contributed by atoms with E-state index in [1.807, 2.05) is 0 Å². The molecule has 0 aliphatic heterocycles. The topological polar surface area (TPSA) is 0 Å². The average molecular weight is 605 g/mol. The van der Waals surface area contributed by atoms with Gasteiger partial charge in [0.1, 0.15) is 0 Å². The maximum atomic E-state index is 2.45. The average Bonchev–Trinajstić information content (AvgIpc) is 3.15. The van der Waals surface area contributed by atoms with Gasteiger partial charge in [0.2, 0.25) is 0 Å². The molecule has 0 nitrogen and oxygen atoms in total.